The normalized spacial score (nSPS) is 15.5. The molecule has 5 rings (SSSR count). The van der Waals surface area contributed by atoms with Crippen LogP contribution >= 0.6 is 0 Å². The summed E-state index contributed by atoms with van der Waals surface area (Å²) in [7, 11) is 3.18. The number of aryl methyl sites for hydroxylation is 1. The lowest BCUT2D eigenvalue weighted by Crippen LogP contribution is -2.31. The van der Waals surface area contributed by atoms with Crippen molar-refractivity contribution in [3.8, 4) is 22.8 Å². The van der Waals surface area contributed by atoms with Crippen molar-refractivity contribution in [3.05, 3.63) is 65.5 Å². The molecular weight excluding hydrogens is 392 g/mol. The molecule has 2 aromatic heterocycles. The molecule has 2 heterocycles. The smallest absolute Gasteiger partial charge is 0.255 e. The molecule has 31 heavy (non-hydrogen) atoms. The van der Waals surface area contributed by atoms with Gasteiger partial charge >= 0.3 is 0 Å². The van der Waals surface area contributed by atoms with Gasteiger partial charge in [-0.25, -0.2) is 0 Å². The standard InChI is InChI=1S/C24H24N4O3/c1-30-20-11-10-14(12-21(20)31-2)22-17(13-25-28-22)24(29)27-19-9-5-7-16-15-6-3-4-8-18(15)26-23(16)19/h3-4,6,8,10-13,19,26H,5,7,9H2,1-2H3,(H,25,28)(H,27,29)/t19-/m1/s1. The number of ether oxygens (including phenoxy) is 2. The zero-order valence-electron chi connectivity index (χ0n) is 17.5. The lowest BCUT2D eigenvalue weighted by molar-refractivity contribution is 0.0932. The quantitative estimate of drug-likeness (QED) is 0.450. The Hall–Kier alpha value is -3.74. The van der Waals surface area contributed by atoms with Crippen LogP contribution < -0.4 is 14.8 Å². The van der Waals surface area contributed by atoms with Crippen molar-refractivity contribution in [3.63, 3.8) is 0 Å². The summed E-state index contributed by atoms with van der Waals surface area (Å²) in [6, 6.07) is 13.8. The Morgan fingerprint density at radius 1 is 1.13 bits per heavy atom. The summed E-state index contributed by atoms with van der Waals surface area (Å²) in [5, 5.41) is 11.5. The lowest BCUT2D eigenvalue weighted by atomic mass is 9.91. The van der Waals surface area contributed by atoms with Crippen LogP contribution in [0.25, 0.3) is 22.2 Å². The van der Waals surface area contributed by atoms with Gasteiger partial charge < -0.3 is 19.8 Å². The maximum atomic E-state index is 13.2. The first-order chi connectivity index (χ1) is 15.2. The number of hydrogen-bond acceptors (Lipinski definition) is 4. The van der Waals surface area contributed by atoms with Gasteiger partial charge in [0, 0.05) is 22.2 Å². The highest BCUT2D eigenvalue weighted by atomic mass is 16.5. The van der Waals surface area contributed by atoms with Crippen LogP contribution in [0.2, 0.25) is 0 Å². The van der Waals surface area contributed by atoms with E-state index in [1.165, 1.54) is 10.9 Å². The van der Waals surface area contributed by atoms with Crippen molar-refractivity contribution in [1.82, 2.24) is 20.5 Å². The van der Waals surface area contributed by atoms with Crippen LogP contribution in [0.15, 0.2) is 48.7 Å². The fraction of sp³-hybridized carbons (Fsp3) is 0.250. The molecular formula is C24H24N4O3. The molecule has 3 N–H and O–H groups in total. The summed E-state index contributed by atoms with van der Waals surface area (Å²) in [5.41, 5.74) is 5.47. The van der Waals surface area contributed by atoms with E-state index in [1.807, 2.05) is 24.3 Å². The van der Waals surface area contributed by atoms with Crippen LogP contribution in [0, 0.1) is 0 Å². The summed E-state index contributed by atoms with van der Waals surface area (Å²) in [6.07, 6.45) is 4.52. The van der Waals surface area contributed by atoms with E-state index in [0.29, 0.717) is 22.8 Å². The van der Waals surface area contributed by atoms with E-state index in [0.717, 1.165) is 36.0 Å². The highest BCUT2D eigenvalue weighted by Gasteiger charge is 2.27. The molecule has 1 amide bonds. The van der Waals surface area contributed by atoms with Crippen molar-refractivity contribution >= 4 is 16.8 Å². The molecule has 0 aliphatic heterocycles. The molecule has 0 saturated carbocycles. The number of H-pyrrole nitrogens is 2. The average molecular weight is 416 g/mol. The minimum absolute atomic E-state index is 0.0585. The van der Waals surface area contributed by atoms with Gasteiger partial charge in [0.25, 0.3) is 5.91 Å². The number of aromatic nitrogens is 3. The first-order valence-electron chi connectivity index (χ1n) is 10.4. The number of hydrogen-bond donors (Lipinski definition) is 3. The summed E-state index contributed by atoms with van der Waals surface area (Å²) in [6.45, 7) is 0. The zero-order valence-corrected chi connectivity index (χ0v) is 17.5. The molecule has 1 atom stereocenters. The van der Waals surface area contributed by atoms with Crippen molar-refractivity contribution in [2.45, 2.75) is 25.3 Å². The molecule has 0 fully saturated rings. The van der Waals surface area contributed by atoms with Crippen molar-refractivity contribution in [1.29, 1.82) is 0 Å². The van der Waals surface area contributed by atoms with Gasteiger partial charge in [0.2, 0.25) is 0 Å². The fourth-order valence-corrected chi connectivity index (χ4v) is 4.47. The second-order valence-electron chi connectivity index (χ2n) is 7.71. The van der Waals surface area contributed by atoms with Crippen LogP contribution in [0.5, 0.6) is 11.5 Å². The number of nitrogens with one attached hydrogen (secondary N) is 3. The molecule has 1 aliphatic carbocycles. The summed E-state index contributed by atoms with van der Waals surface area (Å²) in [5.74, 6) is 1.07. The Kier molecular flexibility index (Phi) is 4.86. The van der Waals surface area contributed by atoms with E-state index < -0.39 is 0 Å². The Balaban J connectivity index is 1.44. The van der Waals surface area contributed by atoms with Crippen LogP contribution in [0.3, 0.4) is 0 Å². The SMILES string of the molecule is COc1ccc(-c2[nH]ncc2C(=O)N[C@@H]2CCCc3c2[nH]c2ccccc32)cc1OC. The molecule has 2 aromatic carbocycles. The van der Waals surface area contributed by atoms with Gasteiger partial charge in [-0.3, -0.25) is 9.89 Å². The Morgan fingerprint density at radius 3 is 2.81 bits per heavy atom. The minimum atomic E-state index is -0.157. The Labute approximate surface area is 179 Å². The number of fused-ring (bicyclic) bond motifs is 3. The van der Waals surface area contributed by atoms with Gasteiger partial charge in [0.1, 0.15) is 0 Å². The highest BCUT2D eigenvalue weighted by molar-refractivity contribution is 6.00. The Morgan fingerprint density at radius 2 is 1.97 bits per heavy atom. The molecule has 7 heteroatoms. The number of benzene rings is 2. The number of aromatic amines is 2. The molecule has 7 nitrogen and oxygen atoms in total. The number of rotatable bonds is 5. The molecule has 0 unspecified atom stereocenters. The first kappa shape index (κ1) is 19.2. The topological polar surface area (TPSA) is 92.0 Å². The van der Waals surface area contributed by atoms with Gasteiger partial charge in [-0.05, 0) is 49.1 Å². The van der Waals surface area contributed by atoms with Crippen LogP contribution in [-0.4, -0.2) is 35.3 Å². The number of carbonyl (C=O) groups excluding carboxylic acids is 1. The van der Waals surface area contributed by atoms with Crippen molar-refractivity contribution in [2.75, 3.05) is 14.2 Å². The third kappa shape index (κ3) is 3.32. The molecule has 0 radical (unpaired) electrons. The second-order valence-corrected chi connectivity index (χ2v) is 7.71. The second kappa shape index (κ2) is 7.83. The average Bonchev–Trinajstić information content (AvgIpc) is 3.44. The van der Waals surface area contributed by atoms with E-state index >= 15 is 0 Å². The summed E-state index contributed by atoms with van der Waals surface area (Å²) in [4.78, 5) is 16.8. The van der Waals surface area contributed by atoms with E-state index in [2.05, 4.69) is 38.7 Å². The monoisotopic (exact) mass is 416 g/mol. The summed E-state index contributed by atoms with van der Waals surface area (Å²) >= 11 is 0. The third-order valence-electron chi connectivity index (χ3n) is 5.98. The number of carbonyl (C=O) groups is 1. The lowest BCUT2D eigenvalue weighted by Gasteiger charge is -2.24. The number of nitrogens with zero attached hydrogens (tertiary/aromatic N) is 1. The van der Waals surface area contributed by atoms with Crippen LogP contribution in [-0.2, 0) is 6.42 Å². The largest absolute Gasteiger partial charge is 0.493 e. The molecule has 0 bridgehead atoms. The fourth-order valence-electron chi connectivity index (χ4n) is 4.47. The van der Waals surface area contributed by atoms with Gasteiger partial charge in [0.05, 0.1) is 37.7 Å². The van der Waals surface area contributed by atoms with E-state index in [-0.39, 0.29) is 11.9 Å². The third-order valence-corrected chi connectivity index (χ3v) is 5.98. The van der Waals surface area contributed by atoms with Gasteiger partial charge in [0.15, 0.2) is 11.5 Å². The van der Waals surface area contributed by atoms with Gasteiger partial charge in [-0.1, -0.05) is 18.2 Å². The Bertz CT molecular complexity index is 1260. The first-order valence-corrected chi connectivity index (χ1v) is 10.4. The molecule has 1 aliphatic rings. The van der Waals surface area contributed by atoms with Crippen molar-refractivity contribution < 1.29 is 14.3 Å². The highest BCUT2D eigenvalue weighted by Crippen LogP contribution is 2.36. The van der Waals surface area contributed by atoms with E-state index in [4.69, 9.17) is 9.47 Å². The molecule has 4 aromatic rings. The van der Waals surface area contributed by atoms with Crippen LogP contribution in [0.1, 0.15) is 40.5 Å². The van der Waals surface area contributed by atoms with E-state index in [9.17, 15) is 4.79 Å². The maximum Gasteiger partial charge on any atom is 0.255 e. The number of para-hydroxylation sites is 1. The molecule has 0 saturated heterocycles. The van der Waals surface area contributed by atoms with E-state index in [1.54, 1.807) is 20.4 Å². The number of methoxy groups -OCH3 is 2. The minimum Gasteiger partial charge on any atom is -0.493 e. The number of amides is 1. The van der Waals surface area contributed by atoms with Gasteiger partial charge in [-0.2, -0.15) is 5.10 Å². The molecule has 158 valence electrons. The predicted molar refractivity (Wildman–Crippen MR) is 119 cm³/mol. The zero-order chi connectivity index (χ0) is 21.4. The predicted octanol–water partition coefficient (Wildman–Crippen LogP) is 4.38. The molecule has 0 spiro atoms. The van der Waals surface area contributed by atoms with Gasteiger partial charge in [-0.15, -0.1) is 0 Å². The van der Waals surface area contributed by atoms with Crippen LogP contribution in [0.4, 0.5) is 0 Å². The maximum absolute atomic E-state index is 13.2. The summed E-state index contributed by atoms with van der Waals surface area (Å²) < 4.78 is 10.7. The van der Waals surface area contributed by atoms with Crippen molar-refractivity contribution in [2.24, 2.45) is 0 Å².